The van der Waals surface area contributed by atoms with Crippen LogP contribution in [0.5, 0.6) is 5.75 Å². The quantitative estimate of drug-likeness (QED) is 0.736. The van der Waals surface area contributed by atoms with E-state index in [2.05, 4.69) is 5.32 Å². The summed E-state index contributed by atoms with van der Waals surface area (Å²) in [6, 6.07) is 5.22. The molecule has 1 aromatic heterocycles. The van der Waals surface area contributed by atoms with Crippen molar-refractivity contribution >= 4 is 45.3 Å². The van der Waals surface area contributed by atoms with Gasteiger partial charge in [0.05, 0.1) is 17.3 Å². The number of methoxy groups -OCH3 is 1. The molecule has 2 amide bonds. The third-order valence-corrected chi connectivity index (χ3v) is 7.28. The van der Waals surface area contributed by atoms with Crippen LogP contribution in [0.15, 0.2) is 22.5 Å². The molecular formula is C19H25N3O4S2. The minimum absolute atomic E-state index is 0.0876. The fraction of sp³-hybridized carbons (Fsp3) is 0.526. The van der Waals surface area contributed by atoms with Crippen LogP contribution in [0.3, 0.4) is 0 Å². The van der Waals surface area contributed by atoms with Gasteiger partial charge in [-0.3, -0.25) is 4.79 Å². The van der Waals surface area contributed by atoms with E-state index in [-0.39, 0.29) is 11.8 Å². The molecule has 28 heavy (non-hydrogen) atoms. The van der Waals surface area contributed by atoms with Crippen LogP contribution in [0.1, 0.15) is 26.7 Å². The SMILES string of the molecule is COc1ccc2sc(SC3CCN(C(=O)[C@@H](NC(=O)O)C(C)C)CC3)nc2c1. The summed E-state index contributed by atoms with van der Waals surface area (Å²) in [7, 11) is 1.65. The molecule has 2 N–H and O–H groups in total. The average molecular weight is 424 g/mol. The highest BCUT2D eigenvalue weighted by molar-refractivity contribution is 8.01. The molecule has 1 aromatic carbocycles. The predicted molar refractivity (Wildman–Crippen MR) is 111 cm³/mol. The van der Waals surface area contributed by atoms with Gasteiger partial charge in [-0.15, -0.1) is 11.3 Å². The molecule has 1 saturated heterocycles. The molecule has 2 heterocycles. The zero-order valence-corrected chi connectivity index (χ0v) is 17.8. The van der Waals surface area contributed by atoms with Crippen LogP contribution >= 0.6 is 23.1 Å². The Kier molecular flexibility index (Phi) is 6.66. The largest absolute Gasteiger partial charge is 0.497 e. The second-order valence-electron chi connectivity index (χ2n) is 7.13. The average Bonchev–Trinajstić information content (AvgIpc) is 3.07. The van der Waals surface area contributed by atoms with Crippen molar-refractivity contribution in [3.05, 3.63) is 18.2 Å². The number of amides is 2. The Morgan fingerprint density at radius 2 is 2.07 bits per heavy atom. The van der Waals surface area contributed by atoms with E-state index in [1.165, 1.54) is 0 Å². The fourth-order valence-electron chi connectivity index (χ4n) is 3.24. The molecule has 0 bridgehead atoms. The molecule has 0 unspecified atom stereocenters. The lowest BCUT2D eigenvalue weighted by Gasteiger charge is -2.34. The molecule has 1 atom stereocenters. The van der Waals surface area contributed by atoms with Gasteiger partial charge in [0, 0.05) is 24.4 Å². The standard InChI is InChI=1S/C19H25N3O4S2/c1-11(2)16(21-18(24)25)17(23)22-8-6-13(7-9-22)27-19-20-14-10-12(26-3)4-5-15(14)28-19/h4-5,10-11,13,16,21H,6-9H2,1-3H3,(H,24,25)/t16-/m0/s1. The summed E-state index contributed by atoms with van der Waals surface area (Å²) >= 11 is 3.44. The van der Waals surface area contributed by atoms with Crippen LogP contribution in [0, 0.1) is 5.92 Å². The molecule has 1 aliphatic heterocycles. The van der Waals surface area contributed by atoms with Crippen molar-refractivity contribution in [1.82, 2.24) is 15.2 Å². The number of carbonyl (C=O) groups is 2. The van der Waals surface area contributed by atoms with Gasteiger partial charge in [-0.1, -0.05) is 25.6 Å². The van der Waals surface area contributed by atoms with Crippen LogP contribution in [-0.2, 0) is 4.79 Å². The molecule has 7 nitrogen and oxygen atoms in total. The van der Waals surface area contributed by atoms with Crippen LogP contribution in [0.2, 0.25) is 0 Å². The highest BCUT2D eigenvalue weighted by Gasteiger charge is 2.31. The lowest BCUT2D eigenvalue weighted by atomic mass is 10.0. The van der Waals surface area contributed by atoms with Crippen molar-refractivity contribution in [2.75, 3.05) is 20.2 Å². The smallest absolute Gasteiger partial charge is 0.405 e. The normalized spacial score (nSPS) is 16.4. The Morgan fingerprint density at radius 3 is 2.68 bits per heavy atom. The zero-order valence-electron chi connectivity index (χ0n) is 16.2. The molecule has 2 aromatic rings. The van der Waals surface area contributed by atoms with Gasteiger partial charge in [0.15, 0.2) is 4.34 Å². The molecule has 3 rings (SSSR count). The first-order valence-electron chi connectivity index (χ1n) is 9.27. The van der Waals surface area contributed by atoms with Gasteiger partial charge in [-0.05, 0) is 30.9 Å². The summed E-state index contributed by atoms with van der Waals surface area (Å²) in [4.78, 5) is 30.1. The maximum atomic E-state index is 12.7. The number of ether oxygens (including phenoxy) is 1. The summed E-state index contributed by atoms with van der Waals surface area (Å²) in [6.07, 6.45) is 0.575. The number of likely N-dealkylation sites (tertiary alicyclic amines) is 1. The Morgan fingerprint density at radius 1 is 1.36 bits per heavy atom. The van der Waals surface area contributed by atoms with Crippen LogP contribution in [0.25, 0.3) is 10.2 Å². The minimum atomic E-state index is -1.16. The number of benzene rings is 1. The van der Waals surface area contributed by atoms with Crippen LogP contribution in [0.4, 0.5) is 4.79 Å². The molecular weight excluding hydrogens is 398 g/mol. The van der Waals surface area contributed by atoms with Gasteiger partial charge in [-0.2, -0.15) is 0 Å². The molecule has 0 spiro atoms. The van der Waals surface area contributed by atoms with E-state index in [9.17, 15) is 9.59 Å². The first-order chi connectivity index (χ1) is 13.4. The van der Waals surface area contributed by atoms with E-state index in [1.54, 1.807) is 35.1 Å². The summed E-state index contributed by atoms with van der Waals surface area (Å²) in [5.74, 6) is 0.583. The van der Waals surface area contributed by atoms with Crippen LogP contribution < -0.4 is 10.1 Å². The lowest BCUT2D eigenvalue weighted by molar-refractivity contribution is -0.135. The van der Waals surface area contributed by atoms with E-state index in [4.69, 9.17) is 14.8 Å². The lowest BCUT2D eigenvalue weighted by Crippen LogP contribution is -2.52. The zero-order chi connectivity index (χ0) is 20.3. The molecule has 0 saturated carbocycles. The third kappa shape index (κ3) is 4.88. The van der Waals surface area contributed by atoms with E-state index in [0.29, 0.717) is 18.3 Å². The molecule has 0 aliphatic carbocycles. The third-order valence-electron chi connectivity index (χ3n) is 4.81. The highest BCUT2D eigenvalue weighted by atomic mass is 32.2. The number of thioether (sulfide) groups is 1. The second-order valence-corrected chi connectivity index (χ2v) is 9.71. The van der Waals surface area contributed by atoms with Crippen molar-refractivity contribution in [2.45, 2.75) is 42.3 Å². The van der Waals surface area contributed by atoms with Gasteiger partial charge in [0.1, 0.15) is 11.8 Å². The number of hydrogen-bond donors (Lipinski definition) is 2. The first-order valence-corrected chi connectivity index (χ1v) is 11.0. The Labute approximate surface area is 172 Å². The van der Waals surface area contributed by atoms with Gasteiger partial charge in [0.25, 0.3) is 0 Å². The molecule has 0 radical (unpaired) electrons. The van der Waals surface area contributed by atoms with Crippen molar-refractivity contribution in [3.63, 3.8) is 0 Å². The number of rotatable bonds is 6. The topological polar surface area (TPSA) is 91.8 Å². The number of piperidine rings is 1. The molecule has 1 aliphatic rings. The first kappa shape index (κ1) is 20.7. The summed E-state index contributed by atoms with van der Waals surface area (Å²) in [5.41, 5.74) is 0.944. The Balaban J connectivity index is 1.57. The fourth-order valence-corrected chi connectivity index (χ4v) is 5.67. The van der Waals surface area contributed by atoms with Crippen molar-refractivity contribution in [1.29, 1.82) is 0 Å². The summed E-state index contributed by atoms with van der Waals surface area (Å²) in [6.45, 7) is 4.98. The maximum absolute atomic E-state index is 12.7. The Hall–Kier alpha value is -2.00. The summed E-state index contributed by atoms with van der Waals surface area (Å²) in [5, 5.41) is 11.7. The number of aromatic nitrogens is 1. The van der Waals surface area contributed by atoms with Gasteiger partial charge in [0.2, 0.25) is 5.91 Å². The van der Waals surface area contributed by atoms with Gasteiger partial charge < -0.3 is 20.1 Å². The van der Waals surface area contributed by atoms with Crippen molar-refractivity contribution < 1.29 is 19.4 Å². The van der Waals surface area contributed by atoms with Gasteiger partial charge in [-0.25, -0.2) is 9.78 Å². The van der Waals surface area contributed by atoms with Crippen LogP contribution in [-0.4, -0.2) is 58.5 Å². The number of nitrogens with one attached hydrogen (secondary N) is 1. The number of thiazole rings is 1. The minimum Gasteiger partial charge on any atom is -0.497 e. The number of carboxylic acid groups (broad SMARTS) is 1. The Bertz CT molecular complexity index is 847. The number of carbonyl (C=O) groups excluding carboxylic acids is 1. The number of nitrogens with zero attached hydrogens (tertiary/aromatic N) is 2. The van der Waals surface area contributed by atoms with E-state index >= 15 is 0 Å². The molecule has 1 fully saturated rings. The van der Waals surface area contributed by atoms with Gasteiger partial charge >= 0.3 is 6.09 Å². The van der Waals surface area contributed by atoms with Crippen molar-refractivity contribution in [3.8, 4) is 5.75 Å². The second kappa shape index (κ2) is 9.00. The van der Waals surface area contributed by atoms with E-state index in [0.717, 1.165) is 33.1 Å². The van der Waals surface area contributed by atoms with E-state index < -0.39 is 12.1 Å². The highest BCUT2D eigenvalue weighted by Crippen LogP contribution is 2.36. The number of fused-ring (bicyclic) bond motifs is 1. The summed E-state index contributed by atoms with van der Waals surface area (Å²) < 4.78 is 7.42. The van der Waals surface area contributed by atoms with Crippen molar-refractivity contribution in [2.24, 2.45) is 5.92 Å². The predicted octanol–water partition coefficient (Wildman–Crippen LogP) is 3.68. The maximum Gasteiger partial charge on any atom is 0.405 e. The molecule has 9 heteroatoms. The monoisotopic (exact) mass is 423 g/mol. The number of hydrogen-bond acceptors (Lipinski definition) is 6. The van der Waals surface area contributed by atoms with E-state index in [1.807, 2.05) is 32.0 Å². The molecule has 152 valence electrons.